The third kappa shape index (κ3) is 6.27. The highest BCUT2D eigenvalue weighted by atomic mass is 16.2. The predicted octanol–water partition coefficient (Wildman–Crippen LogP) is 4.81. The highest BCUT2D eigenvalue weighted by molar-refractivity contribution is 5.94. The van der Waals surface area contributed by atoms with Crippen LogP contribution in [0.1, 0.15) is 63.3 Å². The Morgan fingerprint density at radius 2 is 1.71 bits per heavy atom. The van der Waals surface area contributed by atoms with E-state index >= 15 is 0 Å². The first-order valence-corrected chi connectivity index (χ1v) is 12.3. The number of aromatic nitrogens is 2. The number of hydrogen-bond acceptors (Lipinski definition) is 3. The number of aryl methyl sites for hydroxylation is 2. The van der Waals surface area contributed by atoms with Gasteiger partial charge in [-0.15, -0.1) is 0 Å². The first kappa shape index (κ1) is 24.5. The minimum atomic E-state index is -0.178. The lowest BCUT2D eigenvalue weighted by atomic mass is 10.1. The van der Waals surface area contributed by atoms with Gasteiger partial charge in [0.15, 0.2) is 0 Å². The summed E-state index contributed by atoms with van der Waals surface area (Å²) >= 11 is 0. The second kappa shape index (κ2) is 11.2. The number of amides is 2. The average molecular weight is 471 g/mol. The summed E-state index contributed by atoms with van der Waals surface area (Å²) in [4.78, 5) is 27.2. The zero-order chi connectivity index (χ0) is 24.8. The van der Waals surface area contributed by atoms with Crippen LogP contribution >= 0.6 is 0 Å². The Hall–Kier alpha value is -3.67. The van der Waals surface area contributed by atoms with E-state index in [1.807, 2.05) is 53.8 Å². The molecule has 3 aromatic rings. The molecule has 6 nitrogen and oxygen atoms in total. The Labute approximate surface area is 207 Å². The maximum absolute atomic E-state index is 12.8. The number of piperidine rings is 1. The SMILES string of the molecule is Cc1ccc(Cn2nc(C)c(C=CC(=O)NCc3cccc(C(=O)N4CCCCC4)c3)c2C)cc1. The van der Waals surface area contributed by atoms with Crippen molar-refractivity contribution in [2.24, 2.45) is 0 Å². The number of likely N-dealkylation sites (tertiary alicyclic amines) is 1. The first-order valence-electron chi connectivity index (χ1n) is 12.3. The fourth-order valence-electron chi connectivity index (χ4n) is 4.47. The zero-order valence-corrected chi connectivity index (χ0v) is 20.9. The third-order valence-electron chi connectivity index (χ3n) is 6.58. The summed E-state index contributed by atoms with van der Waals surface area (Å²) in [6.45, 7) is 8.77. The van der Waals surface area contributed by atoms with Crippen LogP contribution in [0.4, 0.5) is 0 Å². The van der Waals surface area contributed by atoms with Crippen LogP contribution in [0, 0.1) is 20.8 Å². The van der Waals surface area contributed by atoms with Gasteiger partial charge in [-0.2, -0.15) is 5.10 Å². The van der Waals surface area contributed by atoms with E-state index in [0.717, 1.165) is 48.4 Å². The van der Waals surface area contributed by atoms with Gasteiger partial charge < -0.3 is 10.2 Å². The lowest BCUT2D eigenvalue weighted by Gasteiger charge is -2.26. The second-order valence-corrected chi connectivity index (χ2v) is 9.33. The van der Waals surface area contributed by atoms with Gasteiger partial charge >= 0.3 is 0 Å². The van der Waals surface area contributed by atoms with Crippen molar-refractivity contribution in [2.75, 3.05) is 13.1 Å². The van der Waals surface area contributed by atoms with Crippen molar-refractivity contribution in [3.8, 4) is 0 Å². The van der Waals surface area contributed by atoms with E-state index in [0.29, 0.717) is 18.7 Å². The molecule has 1 saturated heterocycles. The van der Waals surface area contributed by atoms with E-state index < -0.39 is 0 Å². The maximum Gasteiger partial charge on any atom is 0.253 e. The number of nitrogens with one attached hydrogen (secondary N) is 1. The van der Waals surface area contributed by atoms with Crippen molar-refractivity contribution in [3.05, 3.63) is 93.8 Å². The summed E-state index contributed by atoms with van der Waals surface area (Å²) < 4.78 is 1.97. The Bertz CT molecular complexity index is 1220. The molecule has 1 aliphatic rings. The van der Waals surface area contributed by atoms with Crippen LogP contribution in [0.2, 0.25) is 0 Å². The number of carbonyl (C=O) groups is 2. The largest absolute Gasteiger partial charge is 0.348 e. The smallest absolute Gasteiger partial charge is 0.253 e. The van der Waals surface area contributed by atoms with Gasteiger partial charge in [-0.3, -0.25) is 14.3 Å². The molecule has 35 heavy (non-hydrogen) atoms. The predicted molar refractivity (Wildman–Crippen MR) is 139 cm³/mol. The van der Waals surface area contributed by atoms with Gasteiger partial charge in [0.25, 0.3) is 5.91 Å². The molecule has 0 radical (unpaired) electrons. The monoisotopic (exact) mass is 470 g/mol. The van der Waals surface area contributed by atoms with Crippen LogP contribution in [-0.4, -0.2) is 39.6 Å². The van der Waals surface area contributed by atoms with Gasteiger partial charge in [0.1, 0.15) is 0 Å². The molecule has 6 heteroatoms. The molecular weight excluding hydrogens is 436 g/mol. The molecule has 182 valence electrons. The molecule has 0 spiro atoms. The van der Waals surface area contributed by atoms with Crippen LogP contribution in [0.15, 0.2) is 54.6 Å². The minimum absolute atomic E-state index is 0.0753. The number of nitrogens with zero attached hydrogens (tertiary/aromatic N) is 3. The third-order valence-corrected chi connectivity index (χ3v) is 6.58. The summed E-state index contributed by atoms with van der Waals surface area (Å²) in [5, 5.41) is 7.59. The molecule has 1 aliphatic heterocycles. The maximum atomic E-state index is 12.8. The summed E-state index contributed by atoms with van der Waals surface area (Å²) in [6.07, 6.45) is 6.70. The number of carbonyl (C=O) groups excluding carboxylic acids is 2. The van der Waals surface area contributed by atoms with E-state index in [-0.39, 0.29) is 11.8 Å². The zero-order valence-electron chi connectivity index (χ0n) is 20.9. The van der Waals surface area contributed by atoms with Gasteiger partial charge in [-0.25, -0.2) is 0 Å². The molecule has 2 amide bonds. The van der Waals surface area contributed by atoms with Crippen molar-refractivity contribution in [1.82, 2.24) is 20.0 Å². The van der Waals surface area contributed by atoms with Gasteiger partial charge in [-0.05, 0) is 69.4 Å². The van der Waals surface area contributed by atoms with Crippen LogP contribution in [-0.2, 0) is 17.9 Å². The molecule has 2 heterocycles. The fourth-order valence-corrected chi connectivity index (χ4v) is 4.47. The average Bonchev–Trinajstić information content (AvgIpc) is 3.14. The van der Waals surface area contributed by atoms with Crippen molar-refractivity contribution in [1.29, 1.82) is 0 Å². The van der Waals surface area contributed by atoms with Gasteiger partial charge in [-0.1, -0.05) is 42.0 Å². The highest BCUT2D eigenvalue weighted by Gasteiger charge is 2.18. The van der Waals surface area contributed by atoms with Crippen LogP contribution in [0.5, 0.6) is 0 Å². The van der Waals surface area contributed by atoms with E-state index in [9.17, 15) is 9.59 Å². The van der Waals surface area contributed by atoms with Crippen LogP contribution < -0.4 is 5.32 Å². The van der Waals surface area contributed by atoms with Crippen LogP contribution in [0.25, 0.3) is 6.08 Å². The van der Waals surface area contributed by atoms with Crippen LogP contribution in [0.3, 0.4) is 0 Å². The molecule has 0 atom stereocenters. The van der Waals surface area contributed by atoms with Gasteiger partial charge in [0, 0.05) is 42.5 Å². The highest BCUT2D eigenvalue weighted by Crippen LogP contribution is 2.17. The molecule has 1 N–H and O–H groups in total. The van der Waals surface area contributed by atoms with Crippen molar-refractivity contribution >= 4 is 17.9 Å². The Morgan fingerprint density at radius 1 is 0.971 bits per heavy atom. The number of benzene rings is 2. The summed E-state index contributed by atoms with van der Waals surface area (Å²) in [6, 6.07) is 16.0. The summed E-state index contributed by atoms with van der Waals surface area (Å²) in [7, 11) is 0. The van der Waals surface area contributed by atoms with Gasteiger partial charge in [0.05, 0.1) is 12.2 Å². The lowest BCUT2D eigenvalue weighted by Crippen LogP contribution is -2.35. The topological polar surface area (TPSA) is 67.2 Å². The molecule has 4 rings (SSSR count). The minimum Gasteiger partial charge on any atom is -0.348 e. The molecule has 2 aromatic carbocycles. The second-order valence-electron chi connectivity index (χ2n) is 9.33. The summed E-state index contributed by atoms with van der Waals surface area (Å²) in [5.74, 6) is -0.103. The van der Waals surface area contributed by atoms with E-state index in [1.54, 1.807) is 6.08 Å². The Balaban J connectivity index is 1.35. The molecule has 0 aliphatic carbocycles. The normalized spacial score (nSPS) is 13.9. The van der Waals surface area contributed by atoms with E-state index in [4.69, 9.17) is 0 Å². The van der Waals surface area contributed by atoms with Crippen molar-refractivity contribution in [2.45, 2.75) is 53.1 Å². The van der Waals surface area contributed by atoms with E-state index in [2.05, 4.69) is 41.6 Å². The van der Waals surface area contributed by atoms with Crippen molar-refractivity contribution in [3.63, 3.8) is 0 Å². The molecular formula is C29H34N4O2. The fraction of sp³-hybridized carbons (Fsp3) is 0.345. The quantitative estimate of drug-likeness (QED) is 0.504. The molecule has 0 saturated carbocycles. The Morgan fingerprint density at radius 3 is 2.46 bits per heavy atom. The summed E-state index contributed by atoms with van der Waals surface area (Å²) in [5.41, 5.74) is 6.89. The number of hydrogen-bond donors (Lipinski definition) is 1. The Kier molecular flexibility index (Phi) is 7.80. The molecule has 1 aromatic heterocycles. The molecule has 0 unspecified atom stereocenters. The van der Waals surface area contributed by atoms with E-state index in [1.165, 1.54) is 17.5 Å². The molecule has 0 bridgehead atoms. The molecule has 1 fully saturated rings. The van der Waals surface area contributed by atoms with Gasteiger partial charge in [0.2, 0.25) is 5.91 Å². The number of rotatable bonds is 7. The first-order chi connectivity index (χ1) is 16.9. The standard InChI is InChI=1S/C29H34N4O2/c1-21-10-12-24(13-11-21)20-33-23(3)27(22(2)31-33)14-15-28(34)30-19-25-8-7-9-26(18-25)29(35)32-16-5-4-6-17-32/h7-15,18H,4-6,16-17,19-20H2,1-3H3,(H,30,34). The lowest BCUT2D eigenvalue weighted by molar-refractivity contribution is -0.116. The van der Waals surface area contributed by atoms with Crippen molar-refractivity contribution < 1.29 is 9.59 Å².